The molecule has 0 aromatic carbocycles. The van der Waals surface area contributed by atoms with Gasteiger partial charge >= 0.3 is 0 Å². The van der Waals surface area contributed by atoms with Crippen LogP contribution in [0.25, 0.3) is 0 Å². The molecular weight excluding hydrogens is 192 g/mol. The van der Waals surface area contributed by atoms with Crippen molar-refractivity contribution in [3.05, 3.63) is 29.1 Å². The number of nitrogens with zero attached hydrogens (tertiary/aromatic N) is 1. The number of aromatic nitrogens is 1. The zero-order valence-electron chi connectivity index (χ0n) is 7.21. The van der Waals surface area contributed by atoms with Crippen molar-refractivity contribution in [2.45, 2.75) is 13.0 Å². The topological polar surface area (TPSA) is 82.0 Å². The van der Waals surface area contributed by atoms with E-state index < -0.39 is 12.3 Å². The first-order valence-corrected chi connectivity index (χ1v) is 3.83. The summed E-state index contributed by atoms with van der Waals surface area (Å²) in [7, 11) is 0. The second-order valence-electron chi connectivity index (χ2n) is 2.63. The van der Waals surface area contributed by atoms with Crippen LogP contribution in [0.4, 0.5) is 8.78 Å². The van der Waals surface area contributed by atoms with Gasteiger partial charge in [0.2, 0.25) is 5.91 Å². The molecule has 4 nitrogen and oxygen atoms in total. The number of primary amides is 1. The fourth-order valence-corrected chi connectivity index (χ4v) is 1.00. The summed E-state index contributed by atoms with van der Waals surface area (Å²) in [6.07, 6.45) is -1.57. The molecule has 1 rings (SSSR count). The smallest absolute Gasteiger partial charge is 0.265 e. The summed E-state index contributed by atoms with van der Waals surface area (Å²) in [5, 5.41) is 0. The van der Waals surface area contributed by atoms with Crippen LogP contribution < -0.4 is 11.5 Å². The van der Waals surface area contributed by atoms with Gasteiger partial charge in [-0.2, -0.15) is 0 Å². The summed E-state index contributed by atoms with van der Waals surface area (Å²) in [5.74, 6) is -0.789. The highest BCUT2D eigenvalue weighted by atomic mass is 19.3. The van der Waals surface area contributed by atoms with E-state index in [0.29, 0.717) is 0 Å². The van der Waals surface area contributed by atoms with Crippen molar-refractivity contribution >= 4 is 5.91 Å². The van der Waals surface area contributed by atoms with Crippen molar-refractivity contribution < 1.29 is 13.6 Å². The minimum absolute atomic E-state index is 0.0440. The Labute approximate surface area is 78.9 Å². The lowest BCUT2D eigenvalue weighted by Gasteiger charge is -2.06. The molecule has 0 unspecified atom stereocenters. The molecule has 0 saturated heterocycles. The molecule has 76 valence electrons. The van der Waals surface area contributed by atoms with E-state index in [2.05, 4.69) is 4.98 Å². The van der Waals surface area contributed by atoms with Gasteiger partial charge in [-0.25, -0.2) is 8.78 Å². The van der Waals surface area contributed by atoms with Crippen molar-refractivity contribution in [1.29, 1.82) is 0 Å². The van der Waals surface area contributed by atoms with Crippen molar-refractivity contribution in [1.82, 2.24) is 4.98 Å². The Hall–Kier alpha value is -1.56. The van der Waals surface area contributed by atoms with Gasteiger partial charge in [-0.05, 0) is 6.07 Å². The summed E-state index contributed by atoms with van der Waals surface area (Å²) >= 11 is 0. The minimum atomic E-state index is -2.71. The molecule has 0 aliphatic carbocycles. The second kappa shape index (κ2) is 4.10. The number of rotatable bonds is 3. The highest BCUT2D eigenvalue weighted by Gasteiger charge is 2.15. The van der Waals surface area contributed by atoms with Gasteiger partial charge in [0, 0.05) is 18.3 Å². The van der Waals surface area contributed by atoms with Crippen LogP contribution in [0.3, 0.4) is 0 Å². The molecule has 0 fully saturated rings. The number of hydrogen-bond acceptors (Lipinski definition) is 3. The molecule has 0 aliphatic rings. The maximum absolute atomic E-state index is 12.4. The van der Waals surface area contributed by atoms with Crippen molar-refractivity contribution in [2.75, 3.05) is 0 Å². The van der Waals surface area contributed by atoms with E-state index in [-0.39, 0.29) is 23.4 Å². The first kappa shape index (κ1) is 10.5. The van der Waals surface area contributed by atoms with Crippen LogP contribution in [0.2, 0.25) is 0 Å². The predicted octanol–water partition coefficient (Wildman–Crippen LogP) is 0.577. The molecule has 0 saturated carbocycles. The number of hydrogen-bond donors (Lipinski definition) is 2. The fraction of sp³-hybridized carbons (Fsp3) is 0.250. The lowest BCUT2D eigenvalue weighted by Crippen LogP contribution is -2.14. The first-order chi connectivity index (χ1) is 6.56. The SMILES string of the molecule is NCc1ncc(C(N)=O)cc1C(F)F. The highest BCUT2D eigenvalue weighted by molar-refractivity contribution is 5.92. The molecule has 4 N–H and O–H groups in total. The Morgan fingerprint density at radius 3 is 2.64 bits per heavy atom. The Morgan fingerprint density at radius 1 is 1.57 bits per heavy atom. The van der Waals surface area contributed by atoms with E-state index in [1.54, 1.807) is 0 Å². The van der Waals surface area contributed by atoms with E-state index in [1.807, 2.05) is 0 Å². The molecule has 1 aromatic heterocycles. The van der Waals surface area contributed by atoms with E-state index >= 15 is 0 Å². The number of alkyl halides is 2. The molecule has 0 bridgehead atoms. The van der Waals surface area contributed by atoms with Gasteiger partial charge in [0.05, 0.1) is 11.3 Å². The van der Waals surface area contributed by atoms with Crippen LogP contribution >= 0.6 is 0 Å². The Morgan fingerprint density at radius 2 is 2.21 bits per heavy atom. The van der Waals surface area contributed by atoms with Gasteiger partial charge in [0.1, 0.15) is 0 Å². The lowest BCUT2D eigenvalue weighted by atomic mass is 10.1. The molecule has 1 amide bonds. The first-order valence-electron chi connectivity index (χ1n) is 3.83. The quantitative estimate of drug-likeness (QED) is 0.750. The molecule has 1 heterocycles. The average molecular weight is 201 g/mol. The number of nitrogens with two attached hydrogens (primary N) is 2. The molecule has 0 atom stereocenters. The van der Waals surface area contributed by atoms with Gasteiger partial charge in [0.25, 0.3) is 6.43 Å². The molecule has 6 heteroatoms. The Balaban J connectivity index is 3.20. The van der Waals surface area contributed by atoms with Gasteiger partial charge < -0.3 is 11.5 Å². The van der Waals surface area contributed by atoms with Gasteiger partial charge in [-0.1, -0.05) is 0 Å². The van der Waals surface area contributed by atoms with Crippen LogP contribution in [0.1, 0.15) is 28.0 Å². The second-order valence-corrected chi connectivity index (χ2v) is 2.63. The van der Waals surface area contributed by atoms with Crippen LogP contribution in [-0.4, -0.2) is 10.9 Å². The summed E-state index contributed by atoms with van der Waals surface area (Å²) in [5.41, 5.74) is 9.81. The summed E-state index contributed by atoms with van der Waals surface area (Å²) in [6.45, 7) is -0.0985. The number of amides is 1. The highest BCUT2D eigenvalue weighted by Crippen LogP contribution is 2.22. The third kappa shape index (κ3) is 2.02. The molecule has 1 aromatic rings. The maximum atomic E-state index is 12.4. The fourth-order valence-electron chi connectivity index (χ4n) is 1.00. The van der Waals surface area contributed by atoms with Crippen molar-refractivity contribution in [3.63, 3.8) is 0 Å². The van der Waals surface area contributed by atoms with Crippen molar-refractivity contribution in [2.24, 2.45) is 11.5 Å². The third-order valence-electron chi connectivity index (χ3n) is 1.72. The molecular formula is C8H9F2N3O. The van der Waals surface area contributed by atoms with Gasteiger partial charge in [-0.3, -0.25) is 9.78 Å². The lowest BCUT2D eigenvalue weighted by molar-refractivity contribution is 0.0999. The summed E-state index contributed by atoms with van der Waals surface area (Å²) in [4.78, 5) is 14.3. The Kier molecular flexibility index (Phi) is 3.08. The van der Waals surface area contributed by atoms with Crippen molar-refractivity contribution in [3.8, 4) is 0 Å². The standard InChI is InChI=1S/C8H9F2N3O/c9-7(10)5-1-4(8(12)14)3-13-6(5)2-11/h1,3,7H,2,11H2,(H2,12,14). The Bertz CT molecular complexity index is 354. The number of pyridine rings is 1. The minimum Gasteiger partial charge on any atom is -0.366 e. The average Bonchev–Trinajstić information content (AvgIpc) is 2.16. The van der Waals surface area contributed by atoms with Crippen LogP contribution in [-0.2, 0) is 6.54 Å². The molecule has 14 heavy (non-hydrogen) atoms. The van der Waals surface area contributed by atoms with Crippen LogP contribution in [0.5, 0.6) is 0 Å². The van der Waals surface area contributed by atoms with E-state index in [9.17, 15) is 13.6 Å². The zero-order chi connectivity index (χ0) is 10.7. The van der Waals surface area contributed by atoms with E-state index in [1.165, 1.54) is 0 Å². The van der Waals surface area contributed by atoms with Crippen LogP contribution in [0.15, 0.2) is 12.3 Å². The summed E-state index contributed by atoms with van der Waals surface area (Å²) < 4.78 is 24.8. The maximum Gasteiger partial charge on any atom is 0.265 e. The summed E-state index contributed by atoms with van der Waals surface area (Å²) in [6, 6.07) is 1.02. The predicted molar refractivity (Wildman–Crippen MR) is 45.6 cm³/mol. The number of carbonyl (C=O) groups is 1. The normalized spacial score (nSPS) is 10.6. The molecule has 0 aliphatic heterocycles. The molecule has 0 radical (unpaired) electrons. The monoisotopic (exact) mass is 201 g/mol. The van der Waals surface area contributed by atoms with Crippen LogP contribution in [0, 0.1) is 0 Å². The van der Waals surface area contributed by atoms with E-state index in [4.69, 9.17) is 11.5 Å². The van der Waals surface area contributed by atoms with E-state index in [0.717, 1.165) is 12.3 Å². The largest absolute Gasteiger partial charge is 0.366 e. The number of carbonyl (C=O) groups excluding carboxylic acids is 1. The molecule has 0 spiro atoms. The zero-order valence-corrected chi connectivity index (χ0v) is 7.21. The van der Waals surface area contributed by atoms with Gasteiger partial charge in [0.15, 0.2) is 0 Å². The third-order valence-corrected chi connectivity index (χ3v) is 1.72. The van der Waals surface area contributed by atoms with Gasteiger partial charge in [-0.15, -0.1) is 0 Å². The number of halogens is 2.